The van der Waals surface area contributed by atoms with Crippen LogP contribution >= 0.6 is 11.6 Å². The van der Waals surface area contributed by atoms with Crippen molar-refractivity contribution in [1.29, 1.82) is 0 Å². The van der Waals surface area contributed by atoms with Gasteiger partial charge in [0.2, 0.25) is 10.0 Å². The monoisotopic (exact) mass is 401 g/mol. The molecule has 1 amide bonds. The van der Waals surface area contributed by atoms with Gasteiger partial charge in [0.1, 0.15) is 18.2 Å². The number of rotatable bonds is 6. The minimum Gasteiger partial charge on any atom is -0.271 e. The SMILES string of the molecule is CS(=O)(=O)N(CC(=O)N/N=C\c1c(F)cccc1Cl)c1ccccc1F. The molecule has 0 atom stereocenters. The fraction of sp³-hybridized carbons (Fsp3) is 0.125. The Morgan fingerprint density at radius 3 is 2.46 bits per heavy atom. The van der Waals surface area contributed by atoms with Gasteiger partial charge in [0.05, 0.1) is 23.2 Å². The van der Waals surface area contributed by atoms with Crippen LogP contribution in [0.25, 0.3) is 0 Å². The highest BCUT2D eigenvalue weighted by molar-refractivity contribution is 7.92. The lowest BCUT2D eigenvalue weighted by atomic mass is 10.2. The first-order chi connectivity index (χ1) is 12.2. The van der Waals surface area contributed by atoms with Crippen molar-refractivity contribution in [2.75, 3.05) is 17.1 Å². The molecule has 0 spiro atoms. The molecule has 2 aromatic rings. The number of para-hydroxylation sites is 1. The first-order valence-corrected chi connectivity index (χ1v) is 9.41. The topological polar surface area (TPSA) is 78.8 Å². The third kappa shape index (κ3) is 4.99. The molecule has 0 radical (unpaired) electrons. The molecule has 0 heterocycles. The average Bonchev–Trinajstić information content (AvgIpc) is 2.55. The third-order valence-electron chi connectivity index (χ3n) is 3.19. The Kier molecular flexibility index (Phi) is 6.27. The van der Waals surface area contributed by atoms with E-state index in [1.165, 1.54) is 36.4 Å². The van der Waals surface area contributed by atoms with Gasteiger partial charge < -0.3 is 0 Å². The Bertz CT molecular complexity index is 931. The predicted molar refractivity (Wildman–Crippen MR) is 95.7 cm³/mol. The largest absolute Gasteiger partial charge is 0.271 e. The van der Waals surface area contributed by atoms with E-state index in [2.05, 4.69) is 10.5 Å². The van der Waals surface area contributed by atoms with Crippen LogP contribution in [0.5, 0.6) is 0 Å². The van der Waals surface area contributed by atoms with Crippen LogP contribution in [-0.4, -0.2) is 33.3 Å². The second-order valence-corrected chi connectivity index (χ2v) is 7.46. The van der Waals surface area contributed by atoms with Crippen LogP contribution in [0, 0.1) is 11.6 Å². The van der Waals surface area contributed by atoms with Gasteiger partial charge in [-0.1, -0.05) is 29.8 Å². The summed E-state index contributed by atoms with van der Waals surface area (Å²) >= 11 is 5.81. The molecule has 0 unspecified atom stereocenters. The maximum atomic E-state index is 13.9. The molecule has 2 aromatic carbocycles. The van der Waals surface area contributed by atoms with Crippen molar-refractivity contribution in [3.63, 3.8) is 0 Å². The molecule has 10 heteroatoms. The molecule has 6 nitrogen and oxygen atoms in total. The molecule has 2 rings (SSSR count). The van der Waals surface area contributed by atoms with E-state index in [4.69, 9.17) is 11.6 Å². The van der Waals surface area contributed by atoms with Crippen molar-refractivity contribution < 1.29 is 22.0 Å². The molecule has 0 saturated carbocycles. The molecule has 0 bridgehead atoms. The number of carbonyl (C=O) groups is 1. The van der Waals surface area contributed by atoms with Gasteiger partial charge in [-0.2, -0.15) is 5.10 Å². The van der Waals surface area contributed by atoms with E-state index in [1.807, 2.05) is 0 Å². The van der Waals surface area contributed by atoms with Gasteiger partial charge in [0.25, 0.3) is 5.91 Å². The number of benzene rings is 2. The second-order valence-electron chi connectivity index (χ2n) is 5.15. The zero-order valence-corrected chi connectivity index (χ0v) is 15.1. The van der Waals surface area contributed by atoms with Gasteiger partial charge in [-0.25, -0.2) is 22.6 Å². The molecule has 0 aliphatic carbocycles. The standard InChI is InChI=1S/C16H14ClF2N3O3S/c1-26(24,25)22(15-8-3-2-6-14(15)19)10-16(23)21-20-9-11-12(17)5-4-7-13(11)18/h2-9H,10H2,1H3,(H,21,23)/b20-9-. The molecule has 0 saturated heterocycles. The van der Waals surface area contributed by atoms with Crippen LogP contribution in [-0.2, 0) is 14.8 Å². The number of nitrogens with one attached hydrogen (secondary N) is 1. The van der Waals surface area contributed by atoms with Gasteiger partial charge in [-0.3, -0.25) is 9.10 Å². The van der Waals surface area contributed by atoms with Crippen LogP contribution in [0.2, 0.25) is 5.02 Å². The lowest BCUT2D eigenvalue weighted by molar-refractivity contribution is -0.119. The Morgan fingerprint density at radius 2 is 1.85 bits per heavy atom. The molecular weight excluding hydrogens is 388 g/mol. The van der Waals surface area contributed by atoms with Crippen molar-refractivity contribution in [2.24, 2.45) is 5.10 Å². The quantitative estimate of drug-likeness (QED) is 0.596. The first-order valence-electron chi connectivity index (χ1n) is 7.18. The van der Waals surface area contributed by atoms with Gasteiger partial charge >= 0.3 is 0 Å². The van der Waals surface area contributed by atoms with E-state index in [0.29, 0.717) is 4.31 Å². The summed E-state index contributed by atoms with van der Waals surface area (Å²) in [5.74, 6) is -2.28. The Morgan fingerprint density at radius 1 is 1.19 bits per heavy atom. The Labute approximate surface area is 154 Å². The number of hydrazone groups is 1. The molecule has 26 heavy (non-hydrogen) atoms. The molecule has 0 aromatic heterocycles. The van der Waals surface area contributed by atoms with E-state index in [0.717, 1.165) is 18.5 Å². The fourth-order valence-corrected chi connectivity index (χ4v) is 3.07. The fourth-order valence-electron chi connectivity index (χ4n) is 2.00. The third-order valence-corrected chi connectivity index (χ3v) is 4.65. The van der Waals surface area contributed by atoms with Crippen LogP contribution in [0.1, 0.15) is 5.56 Å². The molecule has 0 aliphatic heterocycles. The Hall–Kier alpha value is -2.52. The highest BCUT2D eigenvalue weighted by Gasteiger charge is 2.23. The summed E-state index contributed by atoms with van der Waals surface area (Å²) in [6.07, 6.45) is 1.83. The maximum absolute atomic E-state index is 13.9. The van der Waals surface area contributed by atoms with Crippen LogP contribution in [0.15, 0.2) is 47.6 Å². The van der Waals surface area contributed by atoms with E-state index < -0.39 is 34.1 Å². The molecular formula is C16H14ClF2N3O3S. The number of hydrogen-bond donors (Lipinski definition) is 1. The molecule has 138 valence electrons. The van der Waals surface area contributed by atoms with Gasteiger partial charge in [0.15, 0.2) is 0 Å². The summed E-state index contributed by atoms with van der Waals surface area (Å²) in [4.78, 5) is 12.0. The predicted octanol–water partition coefficient (Wildman–Crippen LogP) is 2.53. The Balaban J connectivity index is 2.14. The lowest BCUT2D eigenvalue weighted by Gasteiger charge is -2.21. The number of hydrogen-bond acceptors (Lipinski definition) is 4. The molecule has 0 fully saturated rings. The van der Waals surface area contributed by atoms with Gasteiger partial charge in [-0.15, -0.1) is 0 Å². The normalized spacial score (nSPS) is 11.5. The number of nitrogens with zero attached hydrogens (tertiary/aromatic N) is 2. The number of anilines is 1. The van der Waals surface area contributed by atoms with Crippen molar-refractivity contribution in [2.45, 2.75) is 0 Å². The number of sulfonamides is 1. The summed E-state index contributed by atoms with van der Waals surface area (Å²) in [6, 6.07) is 9.15. The minimum atomic E-state index is -3.93. The van der Waals surface area contributed by atoms with Gasteiger partial charge in [-0.05, 0) is 24.3 Å². The molecule has 0 aliphatic rings. The van der Waals surface area contributed by atoms with Gasteiger partial charge in [0, 0.05) is 5.56 Å². The van der Waals surface area contributed by atoms with Crippen molar-refractivity contribution in [3.05, 3.63) is 64.7 Å². The van der Waals surface area contributed by atoms with E-state index in [-0.39, 0.29) is 16.3 Å². The summed E-state index contributed by atoms with van der Waals surface area (Å²) < 4.78 is 51.8. The van der Waals surface area contributed by atoms with Crippen molar-refractivity contribution in [1.82, 2.24) is 5.43 Å². The molecule has 1 N–H and O–H groups in total. The average molecular weight is 402 g/mol. The van der Waals surface area contributed by atoms with E-state index >= 15 is 0 Å². The number of halogens is 3. The summed E-state index contributed by atoms with van der Waals surface area (Å²) in [6.45, 7) is -0.706. The summed E-state index contributed by atoms with van der Waals surface area (Å²) in [5, 5.41) is 3.64. The van der Waals surface area contributed by atoms with Crippen molar-refractivity contribution >= 4 is 39.4 Å². The minimum absolute atomic E-state index is 0.0384. The summed E-state index contributed by atoms with van der Waals surface area (Å²) in [5.41, 5.74) is 1.74. The van der Waals surface area contributed by atoms with Crippen LogP contribution in [0.3, 0.4) is 0 Å². The zero-order valence-electron chi connectivity index (χ0n) is 13.5. The van der Waals surface area contributed by atoms with E-state index in [1.54, 1.807) is 0 Å². The second kappa shape index (κ2) is 8.24. The number of carbonyl (C=O) groups excluding carboxylic acids is 1. The first kappa shape index (κ1) is 19.8. The van der Waals surface area contributed by atoms with Crippen LogP contribution in [0.4, 0.5) is 14.5 Å². The maximum Gasteiger partial charge on any atom is 0.260 e. The lowest BCUT2D eigenvalue weighted by Crippen LogP contribution is -2.39. The highest BCUT2D eigenvalue weighted by atomic mass is 35.5. The highest BCUT2D eigenvalue weighted by Crippen LogP contribution is 2.21. The number of amides is 1. The van der Waals surface area contributed by atoms with E-state index in [9.17, 15) is 22.0 Å². The van der Waals surface area contributed by atoms with Crippen LogP contribution < -0.4 is 9.73 Å². The zero-order chi connectivity index (χ0) is 19.3. The van der Waals surface area contributed by atoms with Crippen molar-refractivity contribution in [3.8, 4) is 0 Å². The summed E-state index contributed by atoms with van der Waals surface area (Å²) in [7, 11) is -3.93. The smallest absolute Gasteiger partial charge is 0.260 e.